The Morgan fingerprint density at radius 3 is 2.71 bits per heavy atom. The van der Waals surface area contributed by atoms with Crippen LogP contribution in [0.3, 0.4) is 0 Å². The number of H-pyrrole nitrogens is 2. The summed E-state index contributed by atoms with van der Waals surface area (Å²) in [6.45, 7) is 6.61. The lowest BCUT2D eigenvalue weighted by Gasteiger charge is -2.28. The van der Waals surface area contributed by atoms with Crippen molar-refractivity contribution in [1.82, 2.24) is 24.7 Å². The van der Waals surface area contributed by atoms with Gasteiger partial charge in [-0.1, -0.05) is 23.9 Å². The number of thioether (sulfide) groups is 1. The lowest BCUT2D eigenvalue weighted by atomic mass is 10.2. The summed E-state index contributed by atoms with van der Waals surface area (Å²) in [5.74, 6) is 0.569. The van der Waals surface area contributed by atoms with Crippen LogP contribution in [0.1, 0.15) is 12.5 Å². The molecule has 11 heteroatoms. The molecule has 2 aromatic heterocycles. The summed E-state index contributed by atoms with van der Waals surface area (Å²) < 4.78 is 7.50. The quantitative estimate of drug-likeness (QED) is 0.364. The maximum absolute atomic E-state index is 13.0. The lowest BCUT2D eigenvalue weighted by molar-refractivity contribution is -0.115. The second kappa shape index (κ2) is 9.35. The first kappa shape index (κ1) is 22.2. The van der Waals surface area contributed by atoms with Crippen LogP contribution in [0.15, 0.2) is 52.4 Å². The lowest BCUT2D eigenvalue weighted by Crippen LogP contribution is -2.38. The van der Waals surface area contributed by atoms with Gasteiger partial charge in [-0.3, -0.25) is 9.36 Å². The van der Waals surface area contributed by atoms with Gasteiger partial charge in [-0.25, -0.2) is 4.79 Å². The molecule has 0 saturated carbocycles. The van der Waals surface area contributed by atoms with Crippen LogP contribution in [0, 0.1) is 6.92 Å². The standard InChI is InChI=1S/C23H25N7O3S/c1-14-4-3-5-17(12-14)30-22(29-8-10-33-11-9-29)27-28-23(30)34-15(2)20(31)24-16-6-7-18-19(13-16)26-21(32)25-18/h3-7,12-13,15H,8-11H2,1-2H3,(H,24,31)(H2,25,26,32). The van der Waals surface area contributed by atoms with Gasteiger partial charge in [0.15, 0.2) is 5.16 Å². The number of hydrogen-bond donors (Lipinski definition) is 3. The number of benzene rings is 2. The first-order chi connectivity index (χ1) is 16.5. The Hall–Kier alpha value is -3.57. The van der Waals surface area contributed by atoms with E-state index >= 15 is 0 Å². The van der Waals surface area contributed by atoms with Crippen molar-refractivity contribution < 1.29 is 9.53 Å². The molecule has 0 radical (unpaired) electrons. The van der Waals surface area contributed by atoms with E-state index in [4.69, 9.17) is 4.74 Å². The van der Waals surface area contributed by atoms with E-state index < -0.39 is 5.25 Å². The summed E-state index contributed by atoms with van der Waals surface area (Å²) in [4.78, 5) is 32.0. The van der Waals surface area contributed by atoms with E-state index in [2.05, 4.69) is 36.4 Å². The molecule has 0 spiro atoms. The number of imidazole rings is 1. The van der Waals surface area contributed by atoms with Crippen LogP contribution in [0.2, 0.25) is 0 Å². The van der Waals surface area contributed by atoms with Crippen molar-refractivity contribution in [2.75, 3.05) is 36.5 Å². The van der Waals surface area contributed by atoms with Crippen LogP contribution in [-0.2, 0) is 9.53 Å². The molecule has 10 nitrogen and oxygen atoms in total. The molecule has 2 aromatic carbocycles. The molecule has 1 fully saturated rings. The second-order valence-electron chi connectivity index (χ2n) is 8.15. The Morgan fingerprint density at radius 1 is 1.12 bits per heavy atom. The third-order valence-corrected chi connectivity index (χ3v) is 6.65. The van der Waals surface area contributed by atoms with Gasteiger partial charge in [0.25, 0.3) is 0 Å². The zero-order chi connectivity index (χ0) is 23.7. The summed E-state index contributed by atoms with van der Waals surface area (Å²) in [6.07, 6.45) is 0. The minimum absolute atomic E-state index is 0.172. The first-order valence-electron chi connectivity index (χ1n) is 11.0. The van der Waals surface area contributed by atoms with E-state index in [1.165, 1.54) is 11.8 Å². The predicted molar refractivity (Wildman–Crippen MR) is 132 cm³/mol. The molecular weight excluding hydrogens is 454 g/mol. The van der Waals surface area contributed by atoms with Crippen LogP contribution in [-0.4, -0.2) is 62.2 Å². The van der Waals surface area contributed by atoms with Gasteiger partial charge in [-0.15, -0.1) is 10.2 Å². The molecule has 176 valence electrons. The van der Waals surface area contributed by atoms with Crippen LogP contribution in [0.5, 0.6) is 0 Å². The number of fused-ring (bicyclic) bond motifs is 1. The fourth-order valence-electron chi connectivity index (χ4n) is 3.87. The minimum Gasteiger partial charge on any atom is -0.378 e. The smallest absolute Gasteiger partial charge is 0.323 e. The van der Waals surface area contributed by atoms with Crippen molar-refractivity contribution in [3.05, 3.63) is 58.5 Å². The molecule has 0 aliphatic carbocycles. The maximum Gasteiger partial charge on any atom is 0.323 e. The van der Waals surface area contributed by atoms with Crippen molar-refractivity contribution in [2.24, 2.45) is 0 Å². The van der Waals surface area contributed by atoms with E-state index in [0.717, 1.165) is 30.3 Å². The van der Waals surface area contributed by atoms with E-state index in [1.54, 1.807) is 18.2 Å². The minimum atomic E-state index is -0.439. The number of aromatic nitrogens is 5. The van der Waals surface area contributed by atoms with Crippen molar-refractivity contribution >= 4 is 40.3 Å². The van der Waals surface area contributed by atoms with Crippen molar-refractivity contribution in [3.63, 3.8) is 0 Å². The number of carbonyl (C=O) groups excluding carboxylic acids is 1. The topological polar surface area (TPSA) is 121 Å². The van der Waals surface area contributed by atoms with Gasteiger partial charge in [0.2, 0.25) is 11.9 Å². The molecule has 5 rings (SSSR count). The highest BCUT2D eigenvalue weighted by Crippen LogP contribution is 2.30. The highest BCUT2D eigenvalue weighted by atomic mass is 32.2. The molecule has 0 bridgehead atoms. The number of carbonyl (C=O) groups is 1. The summed E-state index contributed by atoms with van der Waals surface area (Å²) in [6, 6.07) is 13.4. The largest absolute Gasteiger partial charge is 0.378 e. The van der Waals surface area contributed by atoms with Crippen LogP contribution in [0.25, 0.3) is 16.7 Å². The molecule has 1 unspecified atom stereocenters. The Labute approximate surface area is 199 Å². The third kappa shape index (κ3) is 4.57. The Balaban J connectivity index is 1.39. The summed E-state index contributed by atoms with van der Waals surface area (Å²) in [5, 5.41) is 12.0. The number of morpholine rings is 1. The van der Waals surface area contributed by atoms with Crippen LogP contribution in [0.4, 0.5) is 11.6 Å². The number of aryl methyl sites for hydroxylation is 1. The number of amides is 1. The van der Waals surface area contributed by atoms with Gasteiger partial charge in [0.05, 0.1) is 35.2 Å². The number of hydrogen-bond acceptors (Lipinski definition) is 7. The van der Waals surface area contributed by atoms with E-state index in [0.29, 0.717) is 35.1 Å². The molecule has 1 aliphatic rings. The molecular formula is C23H25N7O3S. The molecule has 1 saturated heterocycles. The average molecular weight is 480 g/mol. The molecule has 1 aliphatic heterocycles. The number of anilines is 2. The second-order valence-corrected chi connectivity index (χ2v) is 9.45. The Bertz CT molecular complexity index is 1390. The number of nitrogens with one attached hydrogen (secondary N) is 3. The predicted octanol–water partition coefficient (Wildman–Crippen LogP) is 2.70. The van der Waals surface area contributed by atoms with Gasteiger partial charge in [0, 0.05) is 18.8 Å². The first-order valence-corrected chi connectivity index (χ1v) is 11.9. The molecule has 3 heterocycles. The Kier molecular flexibility index (Phi) is 6.12. The van der Waals surface area contributed by atoms with Crippen LogP contribution < -0.4 is 15.9 Å². The number of rotatable bonds is 6. The molecule has 1 amide bonds. The summed E-state index contributed by atoms with van der Waals surface area (Å²) >= 11 is 1.35. The third-order valence-electron chi connectivity index (χ3n) is 5.60. The number of ether oxygens (including phenoxy) is 1. The molecule has 3 N–H and O–H groups in total. The monoisotopic (exact) mass is 479 g/mol. The van der Waals surface area contributed by atoms with E-state index in [9.17, 15) is 9.59 Å². The summed E-state index contributed by atoms with van der Waals surface area (Å²) in [7, 11) is 0. The maximum atomic E-state index is 13.0. The van der Waals surface area contributed by atoms with E-state index in [1.807, 2.05) is 36.6 Å². The zero-order valence-electron chi connectivity index (χ0n) is 18.9. The van der Waals surface area contributed by atoms with Gasteiger partial charge in [-0.2, -0.15) is 0 Å². The Morgan fingerprint density at radius 2 is 1.91 bits per heavy atom. The highest BCUT2D eigenvalue weighted by molar-refractivity contribution is 8.00. The van der Waals surface area contributed by atoms with Gasteiger partial charge in [-0.05, 0) is 49.7 Å². The van der Waals surface area contributed by atoms with Gasteiger partial charge in [0.1, 0.15) is 0 Å². The van der Waals surface area contributed by atoms with Crippen molar-refractivity contribution in [3.8, 4) is 5.69 Å². The summed E-state index contributed by atoms with van der Waals surface area (Å²) in [5.41, 5.74) is 3.72. The number of aromatic amines is 2. The fraction of sp³-hybridized carbons (Fsp3) is 0.304. The number of nitrogens with zero attached hydrogens (tertiary/aromatic N) is 4. The highest BCUT2D eigenvalue weighted by Gasteiger charge is 2.25. The molecule has 34 heavy (non-hydrogen) atoms. The van der Waals surface area contributed by atoms with Gasteiger partial charge < -0.3 is 24.9 Å². The SMILES string of the molecule is Cc1cccc(-n2c(SC(C)C(=O)Nc3ccc4[nH]c(=O)[nH]c4c3)nnc2N2CCOCC2)c1. The van der Waals surface area contributed by atoms with E-state index in [-0.39, 0.29) is 11.6 Å². The van der Waals surface area contributed by atoms with Crippen LogP contribution >= 0.6 is 11.8 Å². The molecule has 1 atom stereocenters. The van der Waals surface area contributed by atoms with Crippen molar-refractivity contribution in [1.29, 1.82) is 0 Å². The zero-order valence-corrected chi connectivity index (χ0v) is 19.7. The molecule has 4 aromatic rings. The van der Waals surface area contributed by atoms with Crippen molar-refractivity contribution in [2.45, 2.75) is 24.3 Å². The fourth-order valence-corrected chi connectivity index (χ4v) is 4.73. The normalized spacial score (nSPS) is 14.9. The van der Waals surface area contributed by atoms with Gasteiger partial charge >= 0.3 is 5.69 Å². The average Bonchev–Trinajstić information content (AvgIpc) is 3.41.